The predicted molar refractivity (Wildman–Crippen MR) is 128 cm³/mol. The molecule has 1 aromatic carbocycles. The summed E-state index contributed by atoms with van der Waals surface area (Å²) >= 11 is 0. The summed E-state index contributed by atoms with van der Waals surface area (Å²) in [6.07, 6.45) is -0.119. The molecule has 0 aromatic heterocycles. The van der Waals surface area contributed by atoms with E-state index in [1.807, 2.05) is 0 Å². The van der Waals surface area contributed by atoms with Crippen molar-refractivity contribution in [1.29, 1.82) is 0 Å². The molecule has 0 spiro atoms. The van der Waals surface area contributed by atoms with Gasteiger partial charge in [-0.3, -0.25) is 4.79 Å². The molecular formula is C26H38F3N3O3. The first-order valence-corrected chi connectivity index (χ1v) is 12.6. The SMILES string of the molecule is CC(C)(C)OC(=O)N1CCC(=O)N(CCCN2CCCCC2)C[C@H]1Cc1cccc(C(F)(F)F)c1. The highest BCUT2D eigenvalue weighted by Gasteiger charge is 2.35. The summed E-state index contributed by atoms with van der Waals surface area (Å²) < 4.78 is 45.4. The Bertz CT molecular complexity index is 863. The summed E-state index contributed by atoms with van der Waals surface area (Å²) in [7, 11) is 0. The third-order valence-corrected chi connectivity index (χ3v) is 6.50. The van der Waals surface area contributed by atoms with Gasteiger partial charge in [-0.15, -0.1) is 0 Å². The van der Waals surface area contributed by atoms with Crippen molar-refractivity contribution < 1.29 is 27.5 Å². The van der Waals surface area contributed by atoms with Crippen LogP contribution in [0.4, 0.5) is 18.0 Å². The van der Waals surface area contributed by atoms with E-state index in [4.69, 9.17) is 4.74 Å². The number of alkyl halides is 3. The number of ether oxygens (including phenoxy) is 1. The zero-order valence-corrected chi connectivity index (χ0v) is 21.1. The van der Waals surface area contributed by atoms with Crippen molar-refractivity contribution in [3.8, 4) is 0 Å². The zero-order valence-electron chi connectivity index (χ0n) is 21.1. The first-order valence-electron chi connectivity index (χ1n) is 12.6. The van der Waals surface area contributed by atoms with E-state index >= 15 is 0 Å². The summed E-state index contributed by atoms with van der Waals surface area (Å²) in [5, 5.41) is 0. The largest absolute Gasteiger partial charge is 0.444 e. The smallest absolute Gasteiger partial charge is 0.416 e. The van der Waals surface area contributed by atoms with Gasteiger partial charge >= 0.3 is 12.3 Å². The molecule has 2 amide bonds. The summed E-state index contributed by atoms with van der Waals surface area (Å²) in [6, 6.07) is 4.71. The van der Waals surface area contributed by atoms with Gasteiger partial charge in [-0.05, 0) is 77.7 Å². The third kappa shape index (κ3) is 8.40. The van der Waals surface area contributed by atoms with Crippen LogP contribution >= 0.6 is 0 Å². The van der Waals surface area contributed by atoms with Crippen molar-refractivity contribution >= 4 is 12.0 Å². The summed E-state index contributed by atoms with van der Waals surface area (Å²) in [4.78, 5) is 31.6. The monoisotopic (exact) mass is 497 g/mol. The minimum absolute atomic E-state index is 0.0382. The third-order valence-electron chi connectivity index (χ3n) is 6.50. The van der Waals surface area contributed by atoms with Crippen LogP contribution in [0.15, 0.2) is 24.3 Å². The molecule has 196 valence electrons. The average molecular weight is 498 g/mol. The Morgan fingerprint density at radius 2 is 1.77 bits per heavy atom. The van der Waals surface area contributed by atoms with Gasteiger partial charge in [0.1, 0.15) is 5.60 Å². The molecule has 0 unspecified atom stereocenters. The molecule has 2 saturated heterocycles. The highest BCUT2D eigenvalue weighted by atomic mass is 19.4. The number of carbonyl (C=O) groups is 2. The molecule has 0 radical (unpaired) electrons. The fourth-order valence-corrected chi connectivity index (χ4v) is 4.78. The number of piperidine rings is 1. The number of carbonyl (C=O) groups excluding carboxylic acids is 2. The second kappa shape index (κ2) is 11.6. The van der Waals surface area contributed by atoms with E-state index in [2.05, 4.69) is 4.90 Å². The molecule has 9 heteroatoms. The molecule has 3 rings (SSSR count). The normalized spacial score (nSPS) is 20.6. The van der Waals surface area contributed by atoms with Crippen molar-refractivity contribution in [2.45, 2.75) is 77.1 Å². The molecule has 0 bridgehead atoms. The standard InChI is InChI=1S/C26H38F3N3O3/c1-25(2,3)35-24(34)32-16-11-23(33)31(15-8-14-30-12-5-4-6-13-30)19-22(32)18-20-9-7-10-21(17-20)26(27,28)29/h7,9-10,17,22H,4-6,8,11-16,18-19H2,1-3H3/t22-/m1/s1. The van der Waals surface area contributed by atoms with E-state index in [1.54, 1.807) is 31.7 Å². The lowest BCUT2D eigenvalue weighted by Gasteiger charge is -2.34. The molecular weight excluding hydrogens is 459 g/mol. The maximum absolute atomic E-state index is 13.3. The number of likely N-dealkylation sites (tertiary alicyclic amines) is 1. The highest BCUT2D eigenvalue weighted by Crippen LogP contribution is 2.30. The fourth-order valence-electron chi connectivity index (χ4n) is 4.78. The van der Waals surface area contributed by atoms with Crippen molar-refractivity contribution in [2.75, 3.05) is 39.3 Å². The van der Waals surface area contributed by atoms with Crippen LogP contribution in [-0.2, 0) is 22.1 Å². The van der Waals surface area contributed by atoms with Gasteiger partial charge < -0.3 is 19.4 Å². The topological polar surface area (TPSA) is 53.1 Å². The fraction of sp³-hybridized carbons (Fsp3) is 0.692. The number of hydrogen-bond donors (Lipinski definition) is 0. The van der Waals surface area contributed by atoms with Gasteiger partial charge in [0.25, 0.3) is 0 Å². The Labute approximate surface area is 206 Å². The number of nitrogens with zero attached hydrogens (tertiary/aromatic N) is 3. The van der Waals surface area contributed by atoms with Crippen LogP contribution in [0.5, 0.6) is 0 Å². The quantitative estimate of drug-likeness (QED) is 0.558. The Kier molecular flexibility index (Phi) is 9.07. The van der Waals surface area contributed by atoms with E-state index in [9.17, 15) is 22.8 Å². The Balaban J connectivity index is 1.76. The first kappa shape index (κ1) is 27.3. The maximum Gasteiger partial charge on any atom is 0.416 e. The molecule has 2 fully saturated rings. The van der Waals surface area contributed by atoms with Crippen LogP contribution in [0.2, 0.25) is 0 Å². The van der Waals surface area contributed by atoms with E-state index in [-0.39, 0.29) is 31.8 Å². The second-order valence-corrected chi connectivity index (χ2v) is 10.6. The van der Waals surface area contributed by atoms with E-state index < -0.39 is 29.5 Å². The van der Waals surface area contributed by atoms with Crippen LogP contribution < -0.4 is 0 Å². The van der Waals surface area contributed by atoms with Crippen molar-refractivity contribution in [1.82, 2.24) is 14.7 Å². The molecule has 0 saturated carbocycles. The number of hydrogen-bond acceptors (Lipinski definition) is 4. The number of amides is 2. The van der Waals surface area contributed by atoms with Crippen LogP contribution in [-0.4, -0.2) is 77.6 Å². The van der Waals surface area contributed by atoms with E-state index in [1.165, 1.54) is 30.2 Å². The second-order valence-electron chi connectivity index (χ2n) is 10.6. The Hall–Kier alpha value is -2.29. The van der Waals surface area contributed by atoms with Gasteiger partial charge in [0.05, 0.1) is 11.6 Å². The van der Waals surface area contributed by atoms with Crippen LogP contribution in [0, 0.1) is 0 Å². The number of benzene rings is 1. The minimum atomic E-state index is -4.44. The van der Waals surface area contributed by atoms with Gasteiger partial charge in [-0.25, -0.2) is 4.79 Å². The number of halogens is 3. The molecule has 2 aliphatic rings. The first-order chi connectivity index (χ1) is 16.4. The molecule has 0 N–H and O–H groups in total. The highest BCUT2D eigenvalue weighted by molar-refractivity contribution is 5.78. The lowest BCUT2D eigenvalue weighted by atomic mass is 10.0. The number of rotatable bonds is 6. The molecule has 35 heavy (non-hydrogen) atoms. The molecule has 2 heterocycles. The molecule has 2 aliphatic heterocycles. The van der Waals surface area contributed by atoms with Crippen molar-refractivity contribution in [2.24, 2.45) is 0 Å². The molecule has 6 nitrogen and oxygen atoms in total. The predicted octanol–water partition coefficient (Wildman–Crippen LogP) is 4.96. The van der Waals surface area contributed by atoms with E-state index in [0.717, 1.165) is 38.2 Å². The molecule has 1 aromatic rings. The lowest BCUT2D eigenvalue weighted by Crippen LogP contribution is -2.48. The van der Waals surface area contributed by atoms with Crippen molar-refractivity contribution in [3.63, 3.8) is 0 Å². The van der Waals surface area contributed by atoms with Crippen LogP contribution in [0.1, 0.15) is 64.0 Å². The Morgan fingerprint density at radius 1 is 1.06 bits per heavy atom. The lowest BCUT2D eigenvalue weighted by molar-refractivity contribution is -0.137. The zero-order chi connectivity index (χ0) is 25.6. The van der Waals surface area contributed by atoms with Gasteiger partial charge in [-0.1, -0.05) is 24.6 Å². The van der Waals surface area contributed by atoms with Gasteiger partial charge in [-0.2, -0.15) is 13.2 Å². The van der Waals surface area contributed by atoms with Gasteiger partial charge in [0, 0.05) is 26.1 Å². The Morgan fingerprint density at radius 3 is 2.43 bits per heavy atom. The summed E-state index contributed by atoms with van der Waals surface area (Å²) in [5.41, 5.74) is -0.967. The van der Waals surface area contributed by atoms with Crippen LogP contribution in [0.25, 0.3) is 0 Å². The molecule has 0 aliphatic carbocycles. The molecule has 1 atom stereocenters. The maximum atomic E-state index is 13.3. The van der Waals surface area contributed by atoms with Gasteiger partial charge in [0.15, 0.2) is 0 Å². The van der Waals surface area contributed by atoms with Gasteiger partial charge in [0.2, 0.25) is 5.91 Å². The minimum Gasteiger partial charge on any atom is -0.444 e. The average Bonchev–Trinajstić information content (AvgIpc) is 2.92. The summed E-state index contributed by atoms with van der Waals surface area (Å²) in [6.45, 7) is 9.40. The van der Waals surface area contributed by atoms with Crippen molar-refractivity contribution in [3.05, 3.63) is 35.4 Å². The van der Waals surface area contributed by atoms with Crippen LogP contribution in [0.3, 0.4) is 0 Å². The van der Waals surface area contributed by atoms with E-state index in [0.29, 0.717) is 12.1 Å². The summed E-state index contributed by atoms with van der Waals surface area (Å²) in [5.74, 6) is -0.0382.